The summed E-state index contributed by atoms with van der Waals surface area (Å²) in [6, 6.07) is 7.35. The third-order valence-electron chi connectivity index (χ3n) is 1.64. The normalized spacial score (nSPS) is 9.86. The highest BCUT2D eigenvalue weighted by Crippen LogP contribution is 2.16. The number of carbonyl (C=O) groups excluding carboxylic acids is 1. The van der Waals surface area contributed by atoms with Gasteiger partial charge in [-0.05, 0) is 24.3 Å². The Balaban J connectivity index is 2.31. The summed E-state index contributed by atoms with van der Waals surface area (Å²) in [5.74, 6) is 0.515. The Hall–Kier alpha value is -0.870. The Bertz CT molecular complexity index is 295. The number of hydrogen-bond acceptors (Lipinski definition) is 3. The van der Waals surface area contributed by atoms with Gasteiger partial charge in [0.15, 0.2) is 5.78 Å². The van der Waals surface area contributed by atoms with Crippen LogP contribution >= 0.6 is 15.9 Å². The average Bonchev–Trinajstić information content (AvgIpc) is 2.21. The molecule has 0 saturated carbocycles. The van der Waals surface area contributed by atoms with E-state index in [1.807, 2.05) is 24.3 Å². The largest absolute Gasteiger partial charge is 0.493 e. The maximum Gasteiger partial charge on any atom is 0.161 e. The Morgan fingerprint density at radius 1 is 1.36 bits per heavy atom. The number of aliphatic hydroxyl groups is 1. The van der Waals surface area contributed by atoms with Gasteiger partial charge in [-0.2, -0.15) is 0 Å². The van der Waals surface area contributed by atoms with E-state index in [0.29, 0.717) is 6.61 Å². The third-order valence-corrected chi connectivity index (χ3v) is 2.17. The predicted molar refractivity (Wildman–Crippen MR) is 56.3 cm³/mol. The summed E-state index contributed by atoms with van der Waals surface area (Å²) in [5.41, 5.74) is 0. The highest BCUT2D eigenvalue weighted by molar-refractivity contribution is 9.10. The molecule has 0 aliphatic heterocycles. The fourth-order valence-electron chi connectivity index (χ4n) is 0.893. The molecule has 0 fully saturated rings. The summed E-state index contributed by atoms with van der Waals surface area (Å²) in [7, 11) is 0. The van der Waals surface area contributed by atoms with E-state index in [-0.39, 0.29) is 12.2 Å². The maximum atomic E-state index is 10.7. The van der Waals surface area contributed by atoms with Crippen LogP contribution in [-0.4, -0.2) is 24.1 Å². The highest BCUT2D eigenvalue weighted by Gasteiger charge is 1.99. The number of aliphatic hydroxyl groups excluding tert-OH is 1. The van der Waals surface area contributed by atoms with E-state index >= 15 is 0 Å². The minimum Gasteiger partial charge on any atom is -0.493 e. The molecule has 0 aliphatic rings. The Labute approximate surface area is 90.8 Å². The van der Waals surface area contributed by atoms with Gasteiger partial charge in [-0.1, -0.05) is 15.9 Å². The molecule has 1 aromatic carbocycles. The lowest BCUT2D eigenvalue weighted by Crippen LogP contribution is -2.09. The summed E-state index contributed by atoms with van der Waals surface area (Å²) in [4.78, 5) is 10.7. The monoisotopic (exact) mass is 258 g/mol. The van der Waals surface area contributed by atoms with Crippen molar-refractivity contribution in [1.29, 1.82) is 0 Å². The summed E-state index contributed by atoms with van der Waals surface area (Å²) < 4.78 is 6.26. The fourth-order valence-corrected chi connectivity index (χ4v) is 1.16. The van der Waals surface area contributed by atoms with Crippen LogP contribution in [0.3, 0.4) is 0 Å². The summed E-state index contributed by atoms with van der Waals surface area (Å²) in [6.07, 6.45) is 0.243. The van der Waals surface area contributed by atoms with Crippen molar-refractivity contribution >= 4 is 21.7 Å². The first kappa shape index (κ1) is 11.2. The van der Waals surface area contributed by atoms with Gasteiger partial charge >= 0.3 is 0 Å². The minimum atomic E-state index is -0.413. The molecule has 0 heterocycles. The number of hydrogen-bond donors (Lipinski definition) is 1. The molecular weight excluding hydrogens is 248 g/mol. The van der Waals surface area contributed by atoms with Crippen molar-refractivity contribution in [1.82, 2.24) is 0 Å². The lowest BCUT2D eigenvalue weighted by Gasteiger charge is -2.04. The van der Waals surface area contributed by atoms with Gasteiger partial charge in [0, 0.05) is 10.9 Å². The van der Waals surface area contributed by atoms with Crippen LogP contribution in [0.1, 0.15) is 6.42 Å². The second-order valence-corrected chi connectivity index (χ2v) is 3.66. The lowest BCUT2D eigenvalue weighted by molar-refractivity contribution is -0.122. The first-order valence-electron chi connectivity index (χ1n) is 4.23. The van der Waals surface area contributed by atoms with E-state index in [1.165, 1.54) is 0 Å². The van der Waals surface area contributed by atoms with Crippen LogP contribution in [0.5, 0.6) is 5.75 Å². The second-order valence-electron chi connectivity index (χ2n) is 2.75. The number of Topliss-reactive ketones (excluding diaryl/α,β-unsaturated/α-hetero) is 1. The SMILES string of the molecule is O=C(CO)CCOc1ccc(Br)cc1. The molecule has 3 nitrogen and oxygen atoms in total. The molecule has 0 aromatic heterocycles. The van der Waals surface area contributed by atoms with E-state index in [1.54, 1.807) is 0 Å². The highest BCUT2D eigenvalue weighted by atomic mass is 79.9. The van der Waals surface area contributed by atoms with Crippen molar-refractivity contribution in [3.8, 4) is 5.75 Å². The molecule has 0 aliphatic carbocycles. The molecule has 1 N–H and O–H groups in total. The van der Waals surface area contributed by atoms with Crippen molar-refractivity contribution in [2.45, 2.75) is 6.42 Å². The van der Waals surface area contributed by atoms with Gasteiger partial charge < -0.3 is 9.84 Å². The smallest absolute Gasteiger partial charge is 0.161 e. The molecule has 0 saturated heterocycles. The molecule has 1 rings (SSSR count). The molecule has 0 spiro atoms. The van der Waals surface area contributed by atoms with Crippen LogP contribution in [0, 0.1) is 0 Å². The van der Waals surface area contributed by atoms with E-state index < -0.39 is 6.61 Å². The molecule has 0 atom stereocenters. The number of ether oxygens (including phenoxy) is 1. The molecule has 0 amide bonds. The summed E-state index contributed by atoms with van der Waals surface area (Å²) in [5, 5.41) is 8.46. The number of carbonyl (C=O) groups is 1. The van der Waals surface area contributed by atoms with Crippen LogP contribution in [0.25, 0.3) is 0 Å². The van der Waals surface area contributed by atoms with Gasteiger partial charge in [-0.3, -0.25) is 4.79 Å². The third kappa shape index (κ3) is 3.89. The second kappa shape index (κ2) is 5.78. The minimum absolute atomic E-state index is 0.206. The number of halogens is 1. The van der Waals surface area contributed by atoms with Crippen LogP contribution in [0.4, 0.5) is 0 Å². The van der Waals surface area contributed by atoms with Gasteiger partial charge in [0.1, 0.15) is 12.4 Å². The van der Waals surface area contributed by atoms with Crippen LogP contribution in [0.2, 0.25) is 0 Å². The number of benzene rings is 1. The molecule has 0 bridgehead atoms. The topological polar surface area (TPSA) is 46.5 Å². The van der Waals surface area contributed by atoms with Crippen molar-refractivity contribution in [2.24, 2.45) is 0 Å². The van der Waals surface area contributed by atoms with Gasteiger partial charge in [-0.15, -0.1) is 0 Å². The van der Waals surface area contributed by atoms with Crippen LogP contribution in [-0.2, 0) is 4.79 Å². The predicted octanol–water partition coefficient (Wildman–Crippen LogP) is 1.78. The maximum absolute atomic E-state index is 10.7. The molecule has 1 aromatic rings. The first-order valence-corrected chi connectivity index (χ1v) is 5.02. The summed E-state index contributed by atoms with van der Waals surface area (Å²) >= 11 is 3.31. The zero-order valence-corrected chi connectivity index (χ0v) is 9.16. The van der Waals surface area contributed by atoms with Crippen LogP contribution < -0.4 is 4.74 Å². The molecule has 0 unspecified atom stereocenters. The summed E-state index contributed by atoms with van der Waals surface area (Å²) in [6.45, 7) is -0.106. The molecule has 14 heavy (non-hydrogen) atoms. The molecule has 76 valence electrons. The molecular formula is C10H11BrO3. The van der Waals surface area contributed by atoms with Crippen molar-refractivity contribution in [3.05, 3.63) is 28.7 Å². The Morgan fingerprint density at radius 3 is 2.57 bits per heavy atom. The van der Waals surface area contributed by atoms with E-state index in [2.05, 4.69) is 15.9 Å². The van der Waals surface area contributed by atoms with Gasteiger partial charge in [0.2, 0.25) is 0 Å². The van der Waals surface area contributed by atoms with Crippen molar-refractivity contribution in [3.63, 3.8) is 0 Å². The Morgan fingerprint density at radius 2 is 2.00 bits per heavy atom. The van der Waals surface area contributed by atoms with E-state index in [4.69, 9.17) is 9.84 Å². The first-order chi connectivity index (χ1) is 6.72. The number of rotatable bonds is 5. The zero-order valence-electron chi connectivity index (χ0n) is 7.57. The van der Waals surface area contributed by atoms with E-state index in [9.17, 15) is 4.79 Å². The van der Waals surface area contributed by atoms with Crippen LogP contribution in [0.15, 0.2) is 28.7 Å². The fraction of sp³-hybridized carbons (Fsp3) is 0.300. The molecule has 0 radical (unpaired) electrons. The van der Waals surface area contributed by atoms with Gasteiger partial charge in [0.05, 0.1) is 6.61 Å². The van der Waals surface area contributed by atoms with Crippen molar-refractivity contribution in [2.75, 3.05) is 13.2 Å². The number of ketones is 1. The van der Waals surface area contributed by atoms with E-state index in [0.717, 1.165) is 10.2 Å². The standard InChI is InChI=1S/C10H11BrO3/c11-8-1-3-10(4-2-8)14-6-5-9(13)7-12/h1-4,12H,5-7H2. The van der Waals surface area contributed by atoms with Gasteiger partial charge in [-0.25, -0.2) is 0 Å². The van der Waals surface area contributed by atoms with Gasteiger partial charge in [0.25, 0.3) is 0 Å². The quantitative estimate of drug-likeness (QED) is 0.876. The lowest BCUT2D eigenvalue weighted by atomic mass is 10.3. The Kier molecular flexibility index (Phi) is 4.62. The zero-order chi connectivity index (χ0) is 10.4. The molecule has 4 heteroatoms. The van der Waals surface area contributed by atoms with Crippen molar-refractivity contribution < 1.29 is 14.6 Å². The average molecular weight is 259 g/mol.